The van der Waals surface area contributed by atoms with Crippen molar-refractivity contribution in [1.82, 2.24) is 10.2 Å². The number of hydrogen-bond donors (Lipinski definition) is 1. The van der Waals surface area contributed by atoms with Gasteiger partial charge in [-0.15, -0.1) is 10.2 Å². The van der Waals surface area contributed by atoms with Crippen LogP contribution in [0.15, 0.2) is 52.9 Å². The highest BCUT2D eigenvalue weighted by Gasteiger charge is 2.11. The van der Waals surface area contributed by atoms with Gasteiger partial charge in [0.1, 0.15) is 0 Å². The first kappa shape index (κ1) is 16.2. The summed E-state index contributed by atoms with van der Waals surface area (Å²) in [6.45, 7) is 1.95. The van der Waals surface area contributed by atoms with Crippen LogP contribution in [0.5, 0.6) is 0 Å². The number of nitrogens with zero attached hydrogens (tertiary/aromatic N) is 2. The highest BCUT2D eigenvalue weighted by Crippen LogP contribution is 2.20. The molecule has 0 spiro atoms. The molecule has 1 aromatic heterocycles. The van der Waals surface area contributed by atoms with Crippen LogP contribution in [0.25, 0.3) is 11.5 Å². The molecule has 1 heterocycles. The van der Waals surface area contributed by atoms with Crippen LogP contribution in [-0.4, -0.2) is 16.1 Å². The average molecular weight is 342 g/mol. The number of para-hydroxylation sites is 1. The predicted molar refractivity (Wildman–Crippen MR) is 92.9 cm³/mol. The monoisotopic (exact) mass is 341 g/mol. The van der Waals surface area contributed by atoms with Gasteiger partial charge >= 0.3 is 0 Å². The number of benzene rings is 2. The third kappa shape index (κ3) is 4.00. The Kier molecular flexibility index (Phi) is 4.91. The van der Waals surface area contributed by atoms with E-state index in [1.165, 1.54) is 0 Å². The van der Waals surface area contributed by atoms with Crippen molar-refractivity contribution >= 4 is 23.2 Å². The number of amides is 1. The summed E-state index contributed by atoms with van der Waals surface area (Å²) in [6.07, 6.45) is 0.662. The van der Waals surface area contributed by atoms with Gasteiger partial charge in [0, 0.05) is 29.1 Å². The summed E-state index contributed by atoms with van der Waals surface area (Å²) in [5.74, 6) is 0.761. The molecular weight excluding hydrogens is 326 g/mol. The normalized spacial score (nSPS) is 10.6. The maximum atomic E-state index is 12.0. The van der Waals surface area contributed by atoms with E-state index in [1.54, 1.807) is 12.1 Å². The first-order valence-electron chi connectivity index (χ1n) is 7.55. The predicted octanol–water partition coefficient (Wildman–Crippen LogP) is 4.27. The molecule has 3 aromatic rings. The van der Waals surface area contributed by atoms with Gasteiger partial charge in [-0.3, -0.25) is 4.79 Å². The van der Waals surface area contributed by atoms with Crippen LogP contribution in [0.4, 0.5) is 5.69 Å². The van der Waals surface area contributed by atoms with Gasteiger partial charge in [0.25, 0.3) is 0 Å². The number of aryl methyl sites for hydroxylation is 2. The lowest BCUT2D eigenvalue weighted by atomic mass is 10.2. The lowest BCUT2D eigenvalue weighted by molar-refractivity contribution is -0.116. The minimum Gasteiger partial charge on any atom is -0.421 e. The van der Waals surface area contributed by atoms with Gasteiger partial charge in [0.2, 0.25) is 17.7 Å². The summed E-state index contributed by atoms with van der Waals surface area (Å²) in [4.78, 5) is 12.0. The first-order valence-corrected chi connectivity index (χ1v) is 7.93. The molecule has 0 saturated carbocycles. The van der Waals surface area contributed by atoms with E-state index in [2.05, 4.69) is 15.5 Å². The fraction of sp³-hybridized carbons (Fsp3) is 0.167. The number of carbonyl (C=O) groups is 1. The summed E-state index contributed by atoms with van der Waals surface area (Å²) in [6, 6.07) is 14.8. The van der Waals surface area contributed by atoms with Crippen molar-refractivity contribution in [2.75, 3.05) is 5.32 Å². The number of nitrogens with one attached hydrogen (secondary N) is 1. The Morgan fingerprint density at radius 2 is 1.88 bits per heavy atom. The largest absolute Gasteiger partial charge is 0.421 e. The van der Waals surface area contributed by atoms with Gasteiger partial charge in [-0.05, 0) is 42.8 Å². The number of halogens is 1. The summed E-state index contributed by atoms with van der Waals surface area (Å²) < 4.78 is 5.59. The smallest absolute Gasteiger partial charge is 0.247 e. The van der Waals surface area contributed by atoms with E-state index in [0.29, 0.717) is 23.2 Å². The molecular formula is C18H16ClN3O2. The maximum Gasteiger partial charge on any atom is 0.247 e. The van der Waals surface area contributed by atoms with E-state index in [0.717, 1.165) is 16.8 Å². The fourth-order valence-electron chi connectivity index (χ4n) is 2.21. The van der Waals surface area contributed by atoms with Crippen molar-refractivity contribution in [2.24, 2.45) is 0 Å². The SMILES string of the molecule is Cc1ccccc1NC(=O)CCc1nnc(-c2ccc(Cl)cc2)o1. The lowest BCUT2D eigenvalue weighted by Gasteiger charge is -2.06. The molecule has 2 aromatic carbocycles. The molecule has 0 aliphatic carbocycles. The van der Waals surface area contributed by atoms with E-state index >= 15 is 0 Å². The number of hydrogen-bond acceptors (Lipinski definition) is 4. The topological polar surface area (TPSA) is 68.0 Å². The van der Waals surface area contributed by atoms with Crippen LogP contribution in [0.2, 0.25) is 5.02 Å². The molecule has 1 N–H and O–H groups in total. The van der Waals surface area contributed by atoms with E-state index in [9.17, 15) is 4.79 Å². The summed E-state index contributed by atoms with van der Waals surface area (Å²) >= 11 is 5.86. The molecule has 0 atom stereocenters. The molecule has 0 aliphatic heterocycles. The van der Waals surface area contributed by atoms with Crippen LogP contribution in [0.3, 0.4) is 0 Å². The van der Waals surface area contributed by atoms with E-state index in [4.69, 9.17) is 16.0 Å². The summed E-state index contributed by atoms with van der Waals surface area (Å²) in [5.41, 5.74) is 2.63. The van der Waals surface area contributed by atoms with Gasteiger partial charge in [-0.1, -0.05) is 29.8 Å². The van der Waals surface area contributed by atoms with Gasteiger partial charge in [-0.25, -0.2) is 0 Å². The molecule has 5 nitrogen and oxygen atoms in total. The molecule has 0 bridgehead atoms. The third-order valence-electron chi connectivity index (χ3n) is 3.54. The lowest BCUT2D eigenvalue weighted by Crippen LogP contribution is -2.13. The first-order chi connectivity index (χ1) is 11.6. The number of carbonyl (C=O) groups excluding carboxylic acids is 1. The minimum absolute atomic E-state index is 0.0875. The van der Waals surface area contributed by atoms with Crippen molar-refractivity contribution in [3.8, 4) is 11.5 Å². The van der Waals surface area contributed by atoms with Crippen LogP contribution in [0.1, 0.15) is 17.9 Å². The van der Waals surface area contributed by atoms with E-state index in [1.807, 2.05) is 43.3 Å². The highest BCUT2D eigenvalue weighted by molar-refractivity contribution is 6.30. The van der Waals surface area contributed by atoms with Crippen molar-refractivity contribution < 1.29 is 9.21 Å². The Bertz CT molecular complexity index is 843. The van der Waals surface area contributed by atoms with Crippen molar-refractivity contribution in [3.05, 3.63) is 65.0 Å². The molecule has 3 rings (SSSR count). The third-order valence-corrected chi connectivity index (χ3v) is 3.80. The quantitative estimate of drug-likeness (QED) is 0.752. The van der Waals surface area contributed by atoms with E-state index < -0.39 is 0 Å². The second kappa shape index (κ2) is 7.27. The Morgan fingerprint density at radius 1 is 1.12 bits per heavy atom. The van der Waals surface area contributed by atoms with Gasteiger partial charge in [-0.2, -0.15) is 0 Å². The Labute approximate surface area is 144 Å². The second-order valence-corrected chi connectivity index (χ2v) is 5.81. The molecule has 0 aliphatic rings. The number of aromatic nitrogens is 2. The molecule has 24 heavy (non-hydrogen) atoms. The Morgan fingerprint density at radius 3 is 2.62 bits per heavy atom. The summed E-state index contributed by atoms with van der Waals surface area (Å²) in [7, 11) is 0. The zero-order valence-corrected chi connectivity index (χ0v) is 13.9. The standard InChI is InChI=1S/C18H16ClN3O2/c1-12-4-2-3-5-15(12)20-16(23)10-11-17-21-22-18(24-17)13-6-8-14(19)9-7-13/h2-9H,10-11H2,1H3,(H,20,23). The Balaban J connectivity index is 1.58. The zero-order chi connectivity index (χ0) is 16.9. The van der Waals surface area contributed by atoms with Crippen LogP contribution < -0.4 is 5.32 Å². The van der Waals surface area contributed by atoms with Crippen LogP contribution in [0, 0.1) is 6.92 Å². The van der Waals surface area contributed by atoms with Crippen molar-refractivity contribution in [1.29, 1.82) is 0 Å². The molecule has 0 fully saturated rings. The molecule has 6 heteroatoms. The fourth-order valence-corrected chi connectivity index (χ4v) is 2.34. The number of anilines is 1. The maximum absolute atomic E-state index is 12.0. The molecule has 0 radical (unpaired) electrons. The van der Waals surface area contributed by atoms with Gasteiger partial charge in [0.05, 0.1) is 0 Å². The molecule has 122 valence electrons. The second-order valence-electron chi connectivity index (χ2n) is 5.37. The molecule has 1 amide bonds. The molecule has 0 saturated heterocycles. The summed E-state index contributed by atoms with van der Waals surface area (Å²) in [5, 5.41) is 11.5. The molecule has 0 unspecified atom stereocenters. The minimum atomic E-state index is -0.0875. The zero-order valence-electron chi connectivity index (χ0n) is 13.1. The van der Waals surface area contributed by atoms with Gasteiger partial charge < -0.3 is 9.73 Å². The van der Waals surface area contributed by atoms with Crippen LogP contribution >= 0.6 is 11.6 Å². The van der Waals surface area contributed by atoms with Crippen LogP contribution in [-0.2, 0) is 11.2 Å². The average Bonchev–Trinajstić information content (AvgIpc) is 3.05. The number of rotatable bonds is 5. The van der Waals surface area contributed by atoms with Crippen molar-refractivity contribution in [3.63, 3.8) is 0 Å². The Hall–Kier alpha value is -2.66. The highest BCUT2D eigenvalue weighted by atomic mass is 35.5. The van der Waals surface area contributed by atoms with Gasteiger partial charge in [0.15, 0.2) is 0 Å². The van der Waals surface area contributed by atoms with Crippen molar-refractivity contribution in [2.45, 2.75) is 19.8 Å². The van der Waals surface area contributed by atoms with E-state index in [-0.39, 0.29) is 12.3 Å².